The first-order chi connectivity index (χ1) is 8.65. The largest absolute Gasteiger partial charge is 0.477 e. The lowest BCUT2D eigenvalue weighted by molar-refractivity contribution is 0.0691. The maximum atomic E-state index is 11.3. The van der Waals surface area contributed by atoms with E-state index >= 15 is 0 Å². The number of carboxylic acids is 1. The fourth-order valence-electron chi connectivity index (χ4n) is 1.81. The normalized spacial score (nSPS) is 10.9. The van der Waals surface area contributed by atoms with Crippen LogP contribution in [0.4, 0.5) is 0 Å². The fraction of sp³-hybridized carbons (Fsp3) is 0. The van der Waals surface area contributed by atoms with Crippen LogP contribution < -0.4 is 5.56 Å². The SMILES string of the molecule is O=C(O)c1ccc2ccc3ncc(=O)[nH]c3c2n1. The van der Waals surface area contributed by atoms with Crippen molar-refractivity contribution in [2.24, 2.45) is 0 Å². The van der Waals surface area contributed by atoms with E-state index in [0.717, 1.165) is 5.39 Å². The highest BCUT2D eigenvalue weighted by Gasteiger charge is 2.08. The molecule has 0 atom stereocenters. The second kappa shape index (κ2) is 3.63. The minimum absolute atomic E-state index is 0.0697. The van der Waals surface area contributed by atoms with Crippen LogP contribution in [0.1, 0.15) is 10.5 Å². The van der Waals surface area contributed by atoms with E-state index in [1.165, 1.54) is 12.3 Å². The first-order valence-corrected chi connectivity index (χ1v) is 5.17. The van der Waals surface area contributed by atoms with Crippen molar-refractivity contribution in [2.75, 3.05) is 0 Å². The Hall–Kier alpha value is -2.76. The number of pyridine rings is 1. The number of aromatic nitrogens is 3. The van der Waals surface area contributed by atoms with Crippen LogP contribution >= 0.6 is 0 Å². The van der Waals surface area contributed by atoms with Gasteiger partial charge < -0.3 is 10.1 Å². The standard InChI is InChI=1S/C12H7N3O3/c16-9-5-13-7-3-1-6-2-4-8(12(17)18)14-10(6)11(7)15-9/h1-5H,(H,15,16)(H,17,18). The van der Waals surface area contributed by atoms with Crippen molar-refractivity contribution in [3.8, 4) is 0 Å². The third-order valence-electron chi connectivity index (χ3n) is 2.63. The molecule has 3 aromatic rings. The van der Waals surface area contributed by atoms with E-state index in [0.29, 0.717) is 16.6 Å². The predicted molar refractivity (Wildman–Crippen MR) is 64.6 cm³/mol. The molecule has 3 rings (SSSR count). The molecule has 2 aromatic heterocycles. The van der Waals surface area contributed by atoms with Gasteiger partial charge in [0.2, 0.25) is 0 Å². The Morgan fingerprint density at radius 3 is 2.78 bits per heavy atom. The summed E-state index contributed by atoms with van der Waals surface area (Å²) in [5, 5.41) is 9.67. The zero-order valence-electron chi connectivity index (χ0n) is 9.04. The maximum Gasteiger partial charge on any atom is 0.354 e. The topological polar surface area (TPSA) is 95.9 Å². The monoisotopic (exact) mass is 241 g/mol. The smallest absolute Gasteiger partial charge is 0.354 e. The quantitative estimate of drug-likeness (QED) is 0.623. The molecule has 1 aromatic carbocycles. The summed E-state index contributed by atoms with van der Waals surface area (Å²) in [4.78, 5) is 32.8. The number of carboxylic acid groups (broad SMARTS) is 1. The van der Waals surface area contributed by atoms with Gasteiger partial charge in [0.05, 0.1) is 22.7 Å². The van der Waals surface area contributed by atoms with Gasteiger partial charge in [0.15, 0.2) is 0 Å². The number of rotatable bonds is 1. The van der Waals surface area contributed by atoms with Crippen LogP contribution in [0, 0.1) is 0 Å². The molecule has 2 N–H and O–H groups in total. The molecule has 88 valence electrons. The van der Waals surface area contributed by atoms with Gasteiger partial charge in [-0.1, -0.05) is 12.1 Å². The van der Waals surface area contributed by atoms with Crippen LogP contribution in [0.3, 0.4) is 0 Å². The molecule has 0 saturated heterocycles. The van der Waals surface area contributed by atoms with E-state index in [9.17, 15) is 9.59 Å². The molecule has 0 aliphatic heterocycles. The predicted octanol–water partition coefficient (Wildman–Crippen LogP) is 1.17. The van der Waals surface area contributed by atoms with Gasteiger partial charge in [-0.15, -0.1) is 0 Å². The summed E-state index contributed by atoms with van der Waals surface area (Å²) in [6.07, 6.45) is 1.18. The molecule has 0 aliphatic carbocycles. The highest BCUT2D eigenvalue weighted by Crippen LogP contribution is 2.19. The van der Waals surface area contributed by atoms with E-state index in [2.05, 4.69) is 15.0 Å². The minimum Gasteiger partial charge on any atom is -0.477 e. The molecule has 2 heterocycles. The Morgan fingerprint density at radius 1 is 1.22 bits per heavy atom. The van der Waals surface area contributed by atoms with Crippen LogP contribution in [0.5, 0.6) is 0 Å². The molecule has 0 aliphatic rings. The highest BCUT2D eigenvalue weighted by molar-refractivity contribution is 6.02. The summed E-state index contributed by atoms with van der Waals surface area (Å²) >= 11 is 0. The van der Waals surface area contributed by atoms with Gasteiger partial charge in [-0.05, 0) is 12.1 Å². The van der Waals surface area contributed by atoms with E-state index < -0.39 is 5.97 Å². The molecule has 0 unspecified atom stereocenters. The van der Waals surface area contributed by atoms with Gasteiger partial charge in [0.25, 0.3) is 5.56 Å². The van der Waals surface area contributed by atoms with Gasteiger partial charge in [-0.2, -0.15) is 0 Å². The molecule has 18 heavy (non-hydrogen) atoms. The average molecular weight is 241 g/mol. The summed E-state index contributed by atoms with van der Waals surface area (Å²) in [5.41, 5.74) is 1.02. The van der Waals surface area contributed by atoms with Crippen molar-refractivity contribution in [2.45, 2.75) is 0 Å². The minimum atomic E-state index is -1.11. The molecule has 6 heteroatoms. The van der Waals surface area contributed by atoms with Crippen molar-refractivity contribution in [1.29, 1.82) is 0 Å². The second-order valence-corrected chi connectivity index (χ2v) is 3.78. The molecule has 0 amide bonds. The van der Waals surface area contributed by atoms with Crippen molar-refractivity contribution >= 4 is 27.9 Å². The summed E-state index contributed by atoms with van der Waals surface area (Å²) in [6, 6.07) is 6.60. The summed E-state index contributed by atoms with van der Waals surface area (Å²) in [7, 11) is 0. The number of carbonyl (C=O) groups is 1. The lowest BCUT2D eigenvalue weighted by Gasteiger charge is -2.02. The van der Waals surface area contributed by atoms with Crippen molar-refractivity contribution in [1.82, 2.24) is 15.0 Å². The number of fused-ring (bicyclic) bond motifs is 3. The van der Waals surface area contributed by atoms with Crippen LogP contribution in [0.2, 0.25) is 0 Å². The Morgan fingerprint density at radius 2 is 2.00 bits per heavy atom. The lowest BCUT2D eigenvalue weighted by atomic mass is 10.1. The third-order valence-corrected chi connectivity index (χ3v) is 2.63. The Bertz CT molecular complexity index is 839. The van der Waals surface area contributed by atoms with Crippen LogP contribution in [0.25, 0.3) is 21.9 Å². The number of aromatic carboxylic acids is 1. The Kier molecular flexibility index (Phi) is 2.09. The third kappa shape index (κ3) is 1.51. The van der Waals surface area contributed by atoms with Gasteiger partial charge >= 0.3 is 5.97 Å². The molecule has 0 spiro atoms. The number of nitrogens with one attached hydrogen (secondary N) is 1. The Balaban J connectivity index is 2.50. The highest BCUT2D eigenvalue weighted by atomic mass is 16.4. The first-order valence-electron chi connectivity index (χ1n) is 5.17. The number of hydrogen-bond acceptors (Lipinski definition) is 4. The molecule has 0 radical (unpaired) electrons. The first kappa shape index (κ1) is 10.4. The number of benzene rings is 1. The zero-order valence-corrected chi connectivity index (χ0v) is 9.04. The molecule has 6 nitrogen and oxygen atoms in total. The molecular formula is C12H7N3O3. The molecular weight excluding hydrogens is 234 g/mol. The van der Waals surface area contributed by atoms with Crippen LogP contribution in [0.15, 0.2) is 35.3 Å². The van der Waals surface area contributed by atoms with E-state index in [1.807, 2.05) is 0 Å². The number of H-pyrrole nitrogens is 1. The van der Waals surface area contributed by atoms with Crippen LogP contribution in [-0.4, -0.2) is 26.0 Å². The van der Waals surface area contributed by atoms with Gasteiger partial charge in [0.1, 0.15) is 5.69 Å². The van der Waals surface area contributed by atoms with Crippen LogP contribution in [-0.2, 0) is 0 Å². The number of hydrogen-bond donors (Lipinski definition) is 2. The molecule has 0 saturated carbocycles. The molecule has 0 bridgehead atoms. The van der Waals surface area contributed by atoms with E-state index in [4.69, 9.17) is 5.11 Å². The Labute approximate surface area is 99.9 Å². The number of nitrogens with zero attached hydrogens (tertiary/aromatic N) is 2. The average Bonchev–Trinajstić information content (AvgIpc) is 2.37. The molecule has 0 fully saturated rings. The van der Waals surface area contributed by atoms with Gasteiger partial charge in [0, 0.05) is 5.39 Å². The summed E-state index contributed by atoms with van der Waals surface area (Å²) < 4.78 is 0. The second-order valence-electron chi connectivity index (χ2n) is 3.78. The van der Waals surface area contributed by atoms with Crippen molar-refractivity contribution in [3.63, 3.8) is 0 Å². The zero-order chi connectivity index (χ0) is 12.7. The van der Waals surface area contributed by atoms with Gasteiger partial charge in [-0.3, -0.25) is 4.79 Å². The number of aromatic amines is 1. The van der Waals surface area contributed by atoms with Gasteiger partial charge in [-0.25, -0.2) is 14.8 Å². The summed E-state index contributed by atoms with van der Waals surface area (Å²) in [5.74, 6) is -1.11. The fourth-order valence-corrected chi connectivity index (χ4v) is 1.81. The lowest BCUT2D eigenvalue weighted by Crippen LogP contribution is -2.06. The van der Waals surface area contributed by atoms with E-state index in [-0.39, 0.29) is 11.3 Å². The maximum absolute atomic E-state index is 11.3. The van der Waals surface area contributed by atoms with Crippen molar-refractivity contribution < 1.29 is 9.90 Å². The van der Waals surface area contributed by atoms with Crippen molar-refractivity contribution in [3.05, 3.63) is 46.5 Å². The summed E-state index contributed by atoms with van der Waals surface area (Å²) in [6.45, 7) is 0. The van der Waals surface area contributed by atoms with E-state index in [1.54, 1.807) is 18.2 Å².